The number of hydrazine groups is 1. The number of fused-ring (bicyclic) bond motifs is 1. The van der Waals surface area contributed by atoms with E-state index in [0.717, 1.165) is 19.2 Å². The van der Waals surface area contributed by atoms with Crippen molar-refractivity contribution in [2.45, 2.75) is 18.6 Å². The van der Waals surface area contributed by atoms with E-state index >= 15 is 0 Å². The van der Waals surface area contributed by atoms with Crippen LogP contribution in [0.4, 0.5) is 18.9 Å². The van der Waals surface area contributed by atoms with Crippen molar-refractivity contribution >= 4 is 23.5 Å². The van der Waals surface area contributed by atoms with Gasteiger partial charge in [0.15, 0.2) is 0 Å². The zero-order chi connectivity index (χ0) is 18.6. The number of hydrogen-bond acceptors (Lipinski definition) is 6. The number of rotatable bonds is 2. The van der Waals surface area contributed by atoms with Crippen molar-refractivity contribution < 1.29 is 32.3 Å². The molecule has 2 amide bonds. The van der Waals surface area contributed by atoms with Crippen LogP contribution in [0.3, 0.4) is 0 Å². The third kappa shape index (κ3) is 2.37. The van der Waals surface area contributed by atoms with E-state index in [9.17, 15) is 27.6 Å². The van der Waals surface area contributed by atoms with E-state index in [1.165, 1.54) is 13.0 Å². The molecule has 1 fully saturated rings. The minimum atomic E-state index is -4.63. The number of benzene rings is 1. The van der Waals surface area contributed by atoms with E-state index in [2.05, 4.69) is 15.6 Å². The average molecular weight is 355 g/mol. The first-order chi connectivity index (χ1) is 11.6. The summed E-state index contributed by atoms with van der Waals surface area (Å²) < 4.78 is 43.2. The standard InChI is InChI=1S/C15H12F3N3O4/c1-14-9(10(19-20-14)12(23)25-2)11(22)21(13(14)24)8-5-3-4-7(6-8)15(16,17)18/h3-6,19-20H,1-2H3. The molecule has 2 aliphatic heterocycles. The first-order valence-corrected chi connectivity index (χ1v) is 7.03. The second-order valence-electron chi connectivity index (χ2n) is 5.61. The lowest BCUT2D eigenvalue weighted by molar-refractivity contribution is -0.138. The number of ether oxygens (including phenoxy) is 1. The summed E-state index contributed by atoms with van der Waals surface area (Å²) in [6.45, 7) is 1.35. The Morgan fingerprint density at radius 1 is 1.28 bits per heavy atom. The number of carbonyl (C=O) groups excluding carboxylic acids is 3. The highest BCUT2D eigenvalue weighted by Gasteiger charge is 2.59. The molecule has 2 N–H and O–H groups in total. The smallest absolute Gasteiger partial charge is 0.416 e. The van der Waals surface area contributed by atoms with Crippen molar-refractivity contribution in [1.82, 2.24) is 10.9 Å². The minimum Gasteiger partial charge on any atom is -0.464 e. The molecule has 3 rings (SSSR count). The lowest BCUT2D eigenvalue weighted by atomic mass is 9.95. The maximum absolute atomic E-state index is 12.9. The molecule has 1 aromatic carbocycles. The Labute approximate surface area is 139 Å². The monoisotopic (exact) mass is 355 g/mol. The van der Waals surface area contributed by atoms with Crippen LogP contribution < -0.4 is 15.8 Å². The molecular formula is C15H12F3N3O4. The molecule has 0 bridgehead atoms. The van der Waals surface area contributed by atoms with Gasteiger partial charge in [0.25, 0.3) is 11.8 Å². The molecule has 25 heavy (non-hydrogen) atoms. The van der Waals surface area contributed by atoms with Gasteiger partial charge in [0.1, 0.15) is 11.2 Å². The van der Waals surface area contributed by atoms with Crippen LogP contribution in [0.25, 0.3) is 0 Å². The van der Waals surface area contributed by atoms with E-state index in [0.29, 0.717) is 11.0 Å². The second kappa shape index (κ2) is 5.31. The zero-order valence-electron chi connectivity index (χ0n) is 13.0. The minimum absolute atomic E-state index is 0.207. The Morgan fingerprint density at radius 2 is 1.96 bits per heavy atom. The van der Waals surface area contributed by atoms with Crippen LogP contribution in [-0.2, 0) is 25.3 Å². The maximum Gasteiger partial charge on any atom is 0.416 e. The molecule has 1 aromatic rings. The number of imide groups is 1. The van der Waals surface area contributed by atoms with Gasteiger partial charge in [-0.2, -0.15) is 13.2 Å². The maximum atomic E-state index is 12.9. The molecule has 2 aliphatic rings. The van der Waals surface area contributed by atoms with Gasteiger partial charge in [-0.25, -0.2) is 15.1 Å². The van der Waals surface area contributed by atoms with Crippen molar-refractivity contribution in [3.8, 4) is 0 Å². The molecule has 0 aliphatic carbocycles. The lowest BCUT2D eigenvalue weighted by Gasteiger charge is -2.21. The highest BCUT2D eigenvalue weighted by Crippen LogP contribution is 2.39. The number of carbonyl (C=O) groups is 3. The van der Waals surface area contributed by atoms with Gasteiger partial charge in [0.2, 0.25) is 0 Å². The molecule has 7 nitrogen and oxygen atoms in total. The van der Waals surface area contributed by atoms with E-state index in [-0.39, 0.29) is 17.0 Å². The van der Waals surface area contributed by atoms with Crippen molar-refractivity contribution in [2.75, 3.05) is 12.0 Å². The number of anilines is 1. The van der Waals surface area contributed by atoms with Crippen LogP contribution in [0.5, 0.6) is 0 Å². The summed E-state index contributed by atoms with van der Waals surface area (Å²) in [4.78, 5) is 37.7. The summed E-state index contributed by atoms with van der Waals surface area (Å²) in [5.41, 5.74) is 1.67. The van der Waals surface area contributed by atoms with Crippen LogP contribution in [0.2, 0.25) is 0 Å². The Kier molecular flexibility index (Phi) is 3.60. The number of alkyl halides is 3. The van der Waals surface area contributed by atoms with E-state index in [1.54, 1.807) is 0 Å². The number of hydrogen-bond donors (Lipinski definition) is 2. The summed E-state index contributed by atoms with van der Waals surface area (Å²) in [7, 11) is 1.10. The van der Waals surface area contributed by atoms with Crippen molar-refractivity contribution in [2.24, 2.45) is 0 Å². The predicted molar refractivity (Wildman–Crippen MR) is 77.7 cm³/mol. The molecule has 0 saturated carbocycles. The van der Waals surface area contributed by atoms with Crippen LogP contribution in [-0.4, -0.2) is 30.4 Å². The third-order valence-corrected chi connectivity index (χ3v) is 4.06. The first-order valence-electron chi connectivity index (χ1n) is 7.03. The van der Waals surface area contributed by atoms with E-state index < -0.39 is 35.1 Å². The summed E-state index contributed by atoms with van der Waals surface area (Å²) >= 11 is 0. The topological polar surface area (TPSA) is 87.7 Å². The number of halogens is 3. The van der Waals surface area contributed by atoms with Gasteiger partial charge in [-0.3, -0.25) is 9.59 Å². The molecule has 1 atom stereocenters. The Balaban J connectivity index is 2.11. The predicted octanol–water partition coefficient (Wildman–Crippen LogP) is 0.872. The molecule has 0 aromatic heterocycles. The highest BCUT2D eigenvalue weighted by atomic mass is 19.4. The number of nitrogens with one attached hydrogen (secondary N) is 2. The summed E-state index contributed by atoms with van der Waals surface area (Å²) in [6, 6.07) is 3.83. The summed E-state index contributed by atoms with van der Waals surface area (Å²) in [5.74, 6) is -2.58. The van der Waals surface area contributed by atoms with Crippen molar-refractivity contribution in [3.05, 3.63) is 41.1 Å². The van der Waals surface area contributed by atoms with Gasteiger partial charge in [-0.1, -0.05) is 6.07 Å². The first kappa shape index (κ1) is 17.0. The van der Waals surface area contributed by atoms with Gasteiger partial charge < -0.3 is 10.2 Å². The zero-order valence-corrected chi connectivity index (χ0v) is 13.0. The third-order valence-electron chi connectivity index (χ3n) is 4.06. The Morgan fingerprint density at radius 3 is 2.56 bits per heavy atom. The van der Waals surface area contributed by atoms with Crippen LogP contribution in [0.15, 0.2) is 35.5 Å². The van der Waals surface area contributed by atoms with Crippen LogP contribution in [0, 0.1) is 0 Å². The molecule has 1 saturated heterocycles. The van der Waals surface area contributed by atoms with Gasteiger partial charge in [-0.15, -0.1) is 0 Å². The quantitative estimate of drug-likeness (QED) is 0.605. The number of nitrogens with zero attached hydrogens (tertiary/aromatic N) is 1. The largest absolute Gasteiger partial charge is 0.464 e. The SMILES string of the molecule is COC(=O)C1=C2C(=O)N(c3cccc(C(F)(F)F)c3)C(=O)C2(C)NN1. The molecule has 1 unspecified atom stereocenters. The molecular weight excluding hydrogens is 343 g/mol. The van der Waals surface area contributed by atoms with E-state index in [1.807, 2.05) is 0 Å². The fraction of sp³-hybridized carbons (Fsp3) is 0.267. The summed E-state index contributed by atoms with van der Waals surface area (Å²) in [6.07, 6.45) is -4.63. The van der Waals surface area contributed by atoms with Crippen molar-refractivity contribution in [3.63, 3.8) is 0 Å². The normalized spacial score (nSPS) is 23.0. The van der Waals surface area contributed by atoms with Crippen LogP contribution in [0.1, 0.15) is 12.5 Å². The van der Waals surface area contributed by atoms with Gasteiger partial charge in [0.05, 0.1) is 23.9 Å². The van der Waals surface area contributed by atoms with Gasteiger partial charge >= 0.3 is 12.1 Å². The van der Waals surface area contributed by atoms with Gasteiger partial charge in [0, 0.05) is 0 Å². The van der Waals surface area contributed by atoms with E-state index in [4.69, 9.17) is 0 Å². The number of esters is 1. The Bertz CT molecular complexity index is 834. The highest BCUT2D eigenvalue weighted by molar-refractivity contribution is 6.34. The van der Waals surface area contributed by atoms with Crippen LogP contribution >= 0.6 is 0 Å². The summed E-state index contributed by atoms with van der Waals surface area (Å²) in [5, 5.41) is 0. The van der Waals surface area contributed by atoms with Crippen molar-refractivity contribution in [1.29, 1.82) is 0 Å². The second-order valence-corrected chi connectivity index (χ2v) is 5.61. The average Bonchev–Trinajstić information content (AvgIpc) is 3.00. The number of methoxy groups -OCH3 is 1. The molecule has 0 radical (unpaired) electrons. The molecule has 0 spiro atoms. The molecule has 10 heteroatoms. The number of amides is 2. The lowest BCUT2D eigenvalue weighted by Crippen LogP contribution is -2.51. The molecule has 2 heterocycles. The molecule has 132 valence electrons. The fourth-order valence-corrected chi connectivity index (χ4v) is 2.78. The fourth-order valence-electron chi connectivity index (χ4n) is 2.78. The van der Waals surface area contributed by atoms with Gasteiger partial charge in [-0.05, 0) is 25.1 Å². The Hall–Kier alpha value is -2.88.